The van der Waals surface area contributed by atoms with Crippen molar-refractivity contribution in [1.29, 1.82) is 0 Å². The number of nitrogens with zero attached hydrogens (tertiary/aromatic N) is 1. The molecule has 0 rings (SSSR count). The topological polar surface area (TPSA) is 197 Å². The molecular weight excluding hydrogens is 394 g/mol. The van der Waals surface area contributed by atoms with Gasteiger partial charge in [0.15, 0.2) is 5.96 Å². The van der Waals surface area contributed by atoms with E-state index in [0.29, 0.717) is 13.0 Å². The molecule has 0 aliphatic heterocycles. The first-order chi connectivity index (χ1) is 14.0. The average Bonchev–Trinajstić information content (AvgIpc) is 2.62. The van der Waals surface area contributed by atoms with Crippen molar-refractivity contribution < 1.29 is 29.4 Å². The van der Waals surface area contributed by atoms with Crippen molar-refractivity contribution in [2.24, 2.45) is 22.4 Å². The largest absolute Gasteiger partial charge is 0.481 e. The molecule has 0 aromatic rings. The summed E-state index contributed by atoms with van der Waals surface area (Å²) in [7, 11) is 0. The van der Waals surface area contributed by atoms with Gasteiger partial charge in [-0.2, -0.15) is 0 Å². The molecule has 0 fully saturated rings. The number of nitrogens with one attached hydrogen (secondary N) is 2. The Morgan fingerprint density at radius 3 is 2.17 bits per heavy atom. The van der Waals surface area contributed by atoms with Crippen LogP contribution in [-0.4, -0.2) is 58.6 Å². The molecule has 0 spiro atoms. The highest BCUT2D eigenvalue weighted by molar-refractivity contribution is 5.95. The molecule has 0 aromatic heterocycles. The highest BCUT2D eigenvalue weighted by atomic mass is 16.4. The summed E-state index contributed by atoms with van der Waals surface area (Å²) in [4.78, 5) is 50.4. The number of carbonyl (C=O) groups is 4. The minimum Gasteiger partial charge on any atom is -0.481 e. The fraction of sp³-hybridized carbons (Fsp3) is 0.632. The van der Waals surface area contributed by atoms with E-state index in [9.17, 15) is 19.2 Å². The molecule has 0 aliphatic rings. The summed E-state index contributed by atoms with van der Waals surface area (Å²) in [5.41, 5.74) is 10.5. The van der Waals surface area contributed by atoms with E-state index in [2.05, 4.69) is 15.6 Å². The molecule has 0 bridgehead atoms. The van der Waals surface area contributed by atoms with E-state index < -0.39 is 48.2 Å². The van der Waals surface area contributed by atoms with Gasteiger partial charge in [-0.3, -0.25) is 19.4 Å². The monoisotopic (exact) mass is 427 g/mol. The third kappa shape index (κ3) is 13.1. The minimum atomic E-state index is -1.38. The smallest absolute Gasteiger partial charge is 0.326 e. The molecule has 0 aliphatic carbocycles. The Hall–Kier alpha value is -3.11. The summed E-state index contributed by atoms with van der Waals surface area (Å²) in [6, 6.07) is -2.57. The maximum Gasteiger partial charge on any atom is 0.326 e. The second-order valence-corrected chi connectivity index (χ2v) is 7.14. The van der Waals surface area contributed by atoms with Gasteiger partial charge in [-0.15, -0.1) is 0 Å². The van der Waals surface area contributed by atoms with Crippen molar-refractivity contribution in [2.45, 2.75) is 64.5 Å². The molecule has 0 unspecified atom stereocenters. The first-order valence-electron chi connectivity index (χ1n) is 9.82. The maximum absolute atomic E-state index is 12.3. The lowest BCUT2D eigenvalue weighted by Crippen LogP contribution is -2.53. The SMILES string of the molecule is CC(C)[C@H](NC(=O)[C@H](CC(=O)O)NC(=O)C=CCCCCCCN=C(N)N)C(=O)O. The molecule has 0 saturated carbocycles. The lowest BCUT2D eigenvalue weighted by atomic mass is 10.0. The molecule has 2 amide bonds. The normalized spacial score (nSPS) is 12.9. The fourth-order valence-electron chi connectivity index (χ4n) is 2.50. The van der Waals surface area contributed by atoms with E-state index in [1.165, 1.54) is 6.08 Å². The first-order valence-corrected chi connectivity index (χ1v) is 9.82. The summed E-state index contributed by atoms with van der Waals surface area (Å²) in [6.07, 6.45) is 6.43. The second-order valence-electron chi connectivity index (χ2n) is 7.14. The van der Waals surface area contributed by atoms with Crippen LogP contribution < -0.4 is 22.1 Å². The summed E-state index contributed by atoms with van der Waals surface area (Å²) in [6.45, 7) is 3.79. The molecule has 0 saturated heterocycles. The van der Waals surface area contributed by atoms with Crippen LogP contribution in [0, 0.1) is 5.92 Å². The zero-order chi connectivity index (χ0) is 23.1. The van der Waals surface area contributed by atoms with Gasteiger partial charge in [0, 0.05) is 6.54 Å². The van der Waals surface area contributed by atoms with E-state index in [1.807, 2.05) is 0 Å². The number of rotatable bonds is 15. The van der Waals surface area contributed by atoms with Gasteiger partial charge in [0.1, 0.15) is 12.1 Å². The first kappa shape index (κ1) is 26.9. The average molecular weight is 428 g/mol. The van der Waals surface area contributed by atoms with Crippen LogP contribution in [0.5, 0.6) is 0 Å². The molecule has 2 atom stereocenters. The van der Waals surface area contributed by atoms with Gasteiger partial charge in [-0.1, -0.05) is 32.8 Å². The Labute approximate surface area is 176 Å². The Morgan fingerprint density at radius 2 is 1.63 bits per heavy atom. The number of hydrogen-bond acceptors (Lipinski definition) is 5. The van der Waals surface area contributed by atoms with Gasteiger partial charge in [-0.05, 0) is 31.3 Å². The zero-order valence-corrected chi connectivity index (χ0v) is 17.5. The van der Waals surface area contributed by atoms with E-state index in [0.717, 1.165) is 25.7 Å². The standard InChI is InChI=1S/C19H33N5O6/c1-12(2)16(18(29)30)24-17(28)13(11-15(26)27)23-14(25)9-7-5-3-4-6-8-10-22-19(20)21/h7,9,12-13,16H,3-6,8,10-11H2,1-2H3,(H,23,25)(H,24,28)(H,26,27)(H,29,30)(H4,20,21,22)/t13-,16-/m0/s1. The third-order valence-electron chi connectivity index (χ3n) is 4.08. The van der Waals surface area contributed by atoms with Crippen molar-refractivity contribution in [3.63, 3.8) is 0 Å². The lowest BCUT2D eigenvalue weighted by Gasteiger charge is -2.22. The minimum absolute atomic E-state index is 0.0708. The zero-order valence-electron chi connectivity index (χ0n) is 17.5. The number of nitrogens with two attached hydrogens (primary N) is 2. The highest BCUT2D eigenvalue weighted by Gasteiger charge is 2.29. The quantitative estimate of drug-likeness (QED) is 0.0904. The maximum atomic E-state index is 12.3. The van der Waals surface area contributed by atoms with Crippen LogP contribution in [0.1, 0.15) is 52.4 Å². The number of aliphatic carboxylic acids is 2. The van der Waals surface area contributed by atoms with Crippen molar-refractivity contribution in [3.8, 4) is 0 Å². The number of unbranched alkanes of at least 4 members (excludes halogenated alkanes) is 4. The van der Waals surface area contributed by atoms with E-state index in [1.54, 1.807) is 19.9 Å². The number of guanidine groups is 1. The molecule has 11 heteroatoms. The Bertz CT molecular complexity index is 643. The molecule has 8 N–H and O–H groups in total. The van der Waals surface area contributed by atoms with Gasteiger partial charge in [0.25, 0.3) is 0 Å². The van der Waals surface area contributed by atoms with Crippen LogP contribution in [-0.2, 0) is 19.2 Å². The highest BCUT2D eigenvalue weighted by Crippen LogP contribution is 2.05. The molecule has 11 nitrogen and oxygen atoms in total. The van der Waals surface area contributed by atoms with E-state index in [4.69, 9.17) is 21.7 Å². The number of carbonyl (C=O) groups excluding carboxylic acids is 2. The van der Waals surface area contributed by atoms with Gasteiger partial charge in [-0.25, -0.2) is 4.79 Å². The van der Waals surface area contributed by atoms with Gasteiger partial charge >= 0.3 is 11.9 Å². The summed E-state index contributed by atoms with van der Waals surface area (Å²) in [5.74, 6) is -4.36. The van der Waals surface area contributed by atoms with Crippen LogP contribution >= 0.6 is 0 Å². The van der Waals surface area contributed by atoms with Gasteiger partial charge in [0.2, 0.25) is 11.8 Å². The predicted molar refractivity (Wildman–Crippen MR) is 111 cm³/mol. The summed E-state index contributed by atoms with van der Waals surface area (Å²) < 4.78 is 0. The molecule has 0 radical (unpaired) electrons. The van der Waals surface area contributed by atoms with Crippen LogP contribution in [0.25, 0.3) is 0 Å². The van der Waals surface area contributed by atoms with E-state index >= 15 is 0 Å². The number of amides is 2. The van der Waals surface area contributed by atoms with Gasteiger partial charge < -0.3 is 32.3 Å². The lowest BCUT2D eigenvalue weighted by molar-refractivity contribution is -0.144. The van der Waals surface area contributed by atoms with Crippen LogP contribution in [0.4, 0.5) is 0 Å². The number of carboxylic acid groups (broad SMARTS) is 2. The number of allylic oxidation sites excluding steroid dienone is 1. The Balaban J connectivity index is 4.51. The van der Waals surface area contributed by atoms with E-state index in [-0.39, 0.29) is 5.96 Å². The van der Waals surface area contributed by atoms with Crippen molar-refractivity contribution in [3.05, 3.63) is 12.2 Å². The molecular formula is C19H33N5O6. The molecule has 170 valence electrons. The van der Waals surface area contributed by atoms with Crippen LogP contribution in [0.3, 0.4) is 0 Å². The van der Waals surface area contributed by atoms with Crippen molar-refractivity contribution >= 4 is 29.7 Å². The molecule has 30 heavy (non-hydrogen) atoms. The summed E-state index contributed by atoms with van der Waals surface area (Å²) >= 11 is 0. The Morgan fingerprint density at radius 1 is 1.00 bits per heavy atom. The number of carboxylic acids is 2. The summed E-state index contributed by atoms with van der Waals surface area (Å²) in [5, 5.41) is 22.7. The molecule has 0 heterocycles. The number of aliphatic imine (C=N–C) groups is 1. The predicted octanol–water partition coefficient (Wildman–Crippen LogP) is -0.0486. The Kier molecular flexibility index (Phi) is 13.3. The molecule has 0 aromatic carbocycles. The van der Waals surface area contributed by atoms with Crippen molar-refractivity contribution in [1.82, 2.24) is 10.6 Å². The van der Waals surface area contributed by atoms with Gasteiger partial charge in [0.05, 0.1) is 6.42 Å². The third-order valence-corrected chi connectivity index (χ3v) is 4.08. The van der Waals surface area contributed by atoms with Crippen LogP contribution in [0.15, 0.2) is 17.1 Å². The second kappa shape index (κ2) is 14.8. The number of hydrogen-bond donors (Lipinski definition) is 6. The van der Waals surface area contributed by atoms with Crippen molar-refractivity contribution in [2.75, 3.05) is 6.54 Å². The fourth-order valence-corrected chi connectivity index (χ4v) is 2.50. The van der Waals surface area contributed by atoms with Crippen LogP contribution in [0.2, 0.25) is 0 Å².